The van der Waals surface area contributed by atoms with E-state index in [1.807, 2.05) is 0 Å². The lowest BCUT2D eigenvalue weighted by molar-refractivity contribution is 0.0827. The summed E-state index contributed by atoms with van der Waals surface area (Å²) in [5, 5.41) is 0. The number of sulfonamides is 1. The Morgan fingerprint density at radius 3 is 2.21 bits per heavy atom. The Hall–Kier alpha value is -2.54. The number of rotatable bonds is 5. The van der Waals surface area contributed by atoms with Crippen LogP contribution < -0.4 is 9.46 Å². The number of ether oxygens (including phenoxy) is 1. The van der Waals surface area contributed by atoms with Crippen LogP contribution in [0.3, 0.4) is 0 Å². The highest BCUT2D eigenvalue weighted by molar-refractivity contribution is 7.92. The van der Waals surface area contributed by atoms with Gasteiger partial charge in [-0.2, -0.15) is 0 Å². The lowest BCUT2D eigenvalue weighted by atomic mass is 10.2. The highest BCUT2D eigenvalue weighted by Gasteiger charge is 2.16. The number of hydrogen-bond donors (Lipinski definition) is 1. The van der Waals surface area contributed by atoms with Crippen LogP contribution in [0.4, 0.5) is 5.69 Å². The zero-order valence-electron chi connectivity index (χ0n) is 14.0. The van der Waals surface area contributed by atoms with Gasteiger partial charge < -0.3 is 9.64 Å². The van der Waals surface area contributed by atoms with Crippen LogP contribution in [-0.2, 0) is 10.0 Å². The van der Waals surface area contributed by atoms with Crippen molar-refractivity contribution in [3.63, 3.8) is 0 Å². The van der Waals surface area contributed by atoms with Gasteiger partial charge in [0.05, 0.1) is 12.0 Å². The summed E-state index contributed by atoms with van der Waals surface area (Å²) in [6.45, 7) is 1.78. The molecule has 0 spiro atoms. The van der Waals surface area contributed by atoms with Crippen LogP contribution >= 0.6 is 0 Å². The molecule has 0 aliphatic carbocycles. The van der Waals surface area contributed by atoms with Crippen LogP contribution in [0.15, 0.2) is 47.4 Å². The van der Waals surface area contributed by atoms with Gasteiger partial charge in [0.25, 0.3) is 15.9 Å². The van der Waals surface area contributed by atoms with Crippen molar-refractivity contribution in [3.05, 3.63) is 53.6 Å². The Morgan fingerprint density at radius 2 is 1.71 bits per heavy atom. The fourth-order valence-electron chi connectivity index (χ4n) is 2.17. The molecular weight excluding hydrogens is 328 g/mol. The third kappa shape index (κ3) is 3.86. The van der Waals surface area contributed by atoms with E-state index < -0.39 is 10.0 Å². The largest absolute Gasteiger partial charge is 0.496 e. The number of carbonyl (C=O) groups excluding carboxylic acids is 1. The molecule has 0 saturated heterocycles. The van der Waals surface area contributed by atoms with E-state index in [0.29, 0.717) is 17.0 Å². The maximum atomic E-state index is 12.5. The standard InChI is InChI=1S/C17H20N2O4S/c1-12-11-15(9-10-16(12)23-4)24(21,22)18-14-7-5-13(6-8-14)17(20)19(2)3/h5-11,18H,1-4H3. The zero-order chi connectivity index (χ0) is 17.9. The van der Waals surface area contributed by atoms with Crippen molar-refractivity contribution in [3.8, 4) is 5.75 Å². The quantitative estimate of drug-likeness (QED) is 0.901. The number of nitrogens with zero attached hydrogens (tertiary/aromatic N) is 1. The summed E-state index contributed by atoms with van der Waals surface area (Å²) >= 11 is 0. The number of amides is 1. The van der Waals surface area contributed by atoms with Gasteiger partial charge in [-0.25, -0.2) is 8.42 Å². The maximum Gasteiger partial charge on any atom is 0.261 e. The molecule has 0 aliphatic heterocycles. The van der Waals surface area contributed by atoms with Gasteiger partial charge in [-0.05, 0) is 55.0 Å². The molecule has 1 N–H and O–H groups in total. The molecule has 0 fully saturated rings. The molecule has 2 aromatic carbocycles. The Balaban J connectivity index is 2.23. The van der Waals surface area contributed by atoms with Gasteiger partial charge in [0.2, 0.25) is 0 Å². The fraction of sp³-hybridized carbons (Fsp3) is 0.235. The first-order valence-electron chi connectivity index (χ1n) is 7.24. The van der Waals surface area contributed by atoms with E-state index in [9.17, 15) is 13.2 Å². The van der Waals surface area contributed by atoms with Crippen molar-refractivity contribution >= 4 is 21.6 Å². The smallest absolute Gasteiger partial charge is 0.261 e. The Morgan fingerprint density at radius 1 is 1.08 bits per heavy atom. The number of benzene rings is 2. The summed E-state index contributed by atoms with van der Waals surface area (Å²) in [5.74, 6) is 0.482. The maximum absolute atomic E-state index is 12.5. The zero-order valence-corrected chi connectivity index (χ0v) is 14.8. The lowest BCUT2D eigenvalue weighted by Gasteiger charge is -2.12. The molecule has 6 nitrogen and oxygen atoms in total. The first kappa shape index (κ1) is 17.8. The van der Waals surface area contributed by atoms with E-state index in [2.05, 4.69) is 4.72 Å². The van der Waals surface area contributed by atoms with E-state index >= 15 is 0 Å². The summed E-state index contributed by atoms with van der Waals surface area (Å²) in [5.41, 5.74) is 1.61. The molecule has 24 heavy (non-hydrogen) atoms. The number of hydrogen-bond acceptors (Lipinski definition) is 4. The van der Waals surface area contributed by atoms with Crippen LogP contribution in [0, 0.1) is 6.92 Å². The van der Waals surface area contributed by atoms with Crippen molar-refractivity contribution in [1.29, 1.82) is 0 Å². The Bertz CT molecular complexity index is 843. The van der Waals surface area contributed by atoms with E-state index in [-0.39, 0.29) is 10.8 Å². The van der Waals surface area contributed by atoms with E-state index in [1.165, 1.54) is 18.1 Å². The van der Waals surface area contributed by atoms with E-state index in [4.69, 9.17) is 4.74 Å². The van der Waals surface area contributed by atoms with Gasteiger partial charge in [-0.1, -0.05) is 0 Å². The fourth-order valence-corrected chi connectivity index (χ4v) is 3.31. The first-order chi connectivity index (χ1) is 11.2. The molecule has 7 heteroatoms. The minimum absolute atomic E-state index is 0.143. The van der Waals surface area contributed by atoms with Crippen LogP contribution in [-0.4, -0.2) is 40.4 Å². The molecular formula is C17H20N2O4S. The minimum Gasteiger partial charge on any atom is -0.496 e. The summed E-state index contributed by atoms with van der Waals surface area (Å²) in [7, 11) is 1.14. The molecule has 2 rings (SSSR count). The third-order valence-electron chi connectivity index (χ3n) is 3.47. The van der Waals surface area contributed by atoms with Crippen LogP contribution in [0.1, 0.15) is 15.9 Å². The van der Waals surface area contributed by atoms with Gasteiger partial charge in [0.15, 0.2) is 0 Å². The van der Waals surface area contributed by atoms with Crippen LogP contribution in [0.5, 0.6) is 5.75 Å². The van der Waals surface area contributed by atoms with Crippen LogP contribution in [0.2, 0.25) is 0 Å². The topological polar surface area (TPSA) is 75.7 Å². The van der Waals surface area contributed by atoms with Crippen molar-refractivity contribution in [2.45, 2.75) is 11.8 Å². The van der Waals surface area contributed by atoms with Gasteiger partial charge >= 0.3 is 0 Å². The number of nitrogens with one attached hydrogen (secondary N) is 1. The van der Waals surface area contributed by atoms with Crippen molar-refractivity contribution in [2.75, 3.05) is 25.9 Å². The SMILES string of the molecule is COc1ccc(S(=O)(=O)Nc2ccc(C(=O)N(C)C)cc2)cc1C. The molecule has 2 aromatic rings. The molecule has 0 saturated carbocycles. The number of anilines is 1. The summed E-state index contributed by atoms with van der Waals surface area (Å²) in [6, 6.07) is 10.9. The second-order valence-electron chi connectivity index (χ2n) is 5.51. The van der Waals surface area contributed by atoms with Crippen molar-refractivity contribution < 1.29 is 17.9 Å². The summed E-state index contributed by atoms with van der Waals surface area (Å²) in [4.78, 5) is 13.4. The average molecular weight is 348 g/mol. The molecule has 0 atom stereocenters. The third-order valence-corrected chi connectivity index (χ3v) is 4.85. The number of aryl methyl sites for hydroxylation is 1. The molecule has 1 amide bonds. The molecule has 0 heterocycles. The average Bonchev–Trinajstić information content (AvgIpc) is 2.54. The monoisotopic (exact) mass is 348 g/mol. The number of carbonyl (C=O) groups is 1. The molecule has 0 bridgehead atoms. The summed E-state index contributed by atoms with van der Waals surface area (Å²) < 4.78 is 32.5. The molecule has 0 aromatic heterocycles. The number of methoxy groups -OCH3 is 1. The second kappa shape index (κ2) is 6.92. The van der Waals surface area contributed by atoms with E-state index in [0.717, 1.165) is 5.56 Å². The predicted molar refractivity (Wildman–Crippen MR) is 93.0 cm³/mol. The van der Waals surface area contributed by atoms with Gasteiger partial charge in [0.1, 0.15) is 5.75 Å². The highest BCUT2D eigenvalue weighted by Crippen LogP contribution is 2.23. The Labute approximate surface area is 142 Å². The van der Waals surface area contributed by atoms with Crippen molar-refractivity contribution in [2.24, 2.45) is 0 Å². The van der Waals surface area contributed by atoms with Gasteiger partial charge in [0, 0.05) is 25.3 Å². The normalized spacial score (nSPS) is 11.0. The van der Waals surface area contributed by atoms with Crippen molar-refractivity contribution in [1.82, 2.24) is 4.90 Å². The van der Waals surface area contributed by atoms with Crippen LogP contribution in [0.25, 0.3) is 0 Å². The van der Waals surface area contributed by atoms with Gasteiger partial charge in [-0.15, -0.1) is 0 Å². The molecule has 0 radical (unpaired) electrons. The predicted octanol–water partition coefficient (Wildman–Crippen LogP) is 2.51. The summed E-state index contributed by atoms with van der Waals surface area (Å²) in [6.07, 6.45) is 0. The Kier molecular flexibility index (Phi) is 5.14. The molecule has 128 valence electrons. The highest BCUT2D eigenvalue weighted by atomic mass is 32.2. The molecule has 0 unspecified atom stereocenters. The first-order valence-corrected chi connectivity index (χ1v) is 8.72. The minimum atomic E-state index is -3.71. The molecule has 0 aliphatic rings. The van der Waals surface area contributed by atoms with Gasteiger partial charge in [-0.3, -0.25) is 9.52 Å². The van der Waals surface area contributed by atoms with E-state index in [1.54, 1.807) is 57.4 Å². The second-order valence-corrected chi connectivity index (χ2v) is 7.20. The lowest BCUT2D eigenvalue weighted by Crippen LogP contribution is -2.21.